The molecule has 92 valence electrons. The number of ether oxygens (including phenoxy) is 1. The van der Waals surface area contributed by atoms with E-state index in [1.165, 1.54) is 0 Å². The van der Waals surface area contributed by atoms with Crippen LogP contribution in [0.3, 0.4) is 0 Å². The quantitative estimate of drug-likeness (QED) is 0.863. The maximum Gasteiger partial charge on any atom is 0.254 e. The van der Waals surface area contributed by atoms with Crippen LogP contribution in [-0.2, 0) is 4.74 Å². The van der Waals surface area contributed by atoms with E-state index in [1.54, 1.807) is 0 Å². The van der Waals surface area contributed by atoms with Crippen LogP contribution in [-0.4, -0.2) is 43.7 Å². The summed E-state index contributed by atoms with van der Waals surface area (Å²) in [6, 6.07) is 7.64. The van der Waals surface area contributed by atoms with E-state index in [4.69, 9.17) is 4.74 Å². The number of amides is 1. The zero-order valence-electron chi connectivity index (χ0n) is 10.1. The van der Waals surface area contributed by atoms with Gasteiger partial charge in [0.25, 0.3) is 5.91 Å². The molecule has 0 spiro atoms. The van der Waals surface area contributed by atoms with Crippen molar-refractivity contribution < 1.29 is 9.53 Å². The Morgan fingerprint density at radius 1 is 1.41 bits per heavy atom. The van der Waals surface area contributed by atoms with Gasteiger partial charge in [-0.15, -0.1) is 0 Å². The molecule has 0 atom stereocenters. The zero-order valence-corrected chi connectivity index (χ0v) is 10.1. The molecule has 1 fully saturated rings. The summed E-state index contributed by atoms with van der Waals surface area (Å²) in [6.07, 6.45) is 0. The molecule has 0 aromatic heterocycles. The molecule has 4 nitrogen and oxygen atoms in total. The van der Waals surface area contributed by atoms with Crippen molar-refractivity contribution in [2.24, 2.45) is 0 Å². The number of hydrogen-bond donors (Lipinski definition) is 1. The number of carbonyl (C=O) groups is 1. The standard InChI is InChI=1S/C13H18N2O2/c1-2-14-12-5-3-4-11(10-12)13(16)15-6-8-17-9-7-15/h3-5,10,14H,2,6-9H2,1H3. The van der Waals surface area contributed by atoms with E-state index in [0.29, 0.717) is 26.3 Å². The van der Waals surface area contributed by atoms with E-state index in [1.807, 2.05) is 36.1 Å². The summed E-state index contributed by atoms with van der Waals surface area (Å²) < 4.78 is 5.24. The van der Waals surface area contributed by atoms with Gasteiger partial charge in [0.2, 0.25) is 0 Å². The highest BCUT2D eigenvalue weighted by atomic mass is 16.5. The van der Waals surface area contributed by atoms with Crippen LogP contribution in [0.5, 0.6) is 0 Å². The Bertz CT molecular complexity index is 387. The molecule has 1 aromatic rings. The first-order chi connectivity index (χ1) is 8.31. The van der Waals surface area contributed by atoms with Crippen molar-refractivity contribution in [3.63, 3.8) is 0 Å². The Hall–Kier alpha value is -1.55. The molecule has 2 rings (SSSR count). The largest absolute Gasteiger partial charge is 0.385 e. The van der Waals surface area contributed by atoms with Crippen LogP contribution >= 0.6 is 0 Å². The summed E-state index contributed by atoms with van der Waals surface area (Å²) in [7, 11) is 0. The van der Waals surface area contributed by atoms with Crippen molar-refractivity contribution >= 4 is 11.6 Å². The van der Waals surface area contributed by atoms with Gasteiger partial charge in [-0.2, -0.15) is 0 Å². The van der Waals surface area contributed by atoms with E-state index < -0.39 is 0 Å². The van der Waals surface area contributed by atoms with Crippen molar-refractivity contribution in [3.8, 4) is 0 Å². The fourth-order valence-electron chi connectivity index (χ4n) is 1.92. The number of benzene rings is 1. The van der Waals surface area contributed by atoms with E-state index in [9.17, 15) is 4.79 Å². The highest BCUT2D eigenvalue weighted by Gasteiger charge is 2.18. The molecule has 1 aliphatic heterocycles. The average molecular weight is 234 g/mol. The minimum Gasteiger partial charge on any atom is -0.385 e. The molecule has 0 bridgehead atoms. The van der Waals surface area contributed by atoms with Gasteiger partial charge in [0, 0.05) is 30.9 Å². The second-order valence-electron chi connectivity index (χ2n) is 4.02. The second kappa shape index (κ2) is 5.68. The predicted molar refractivity (Wildman–Crippen MR) is 67.3 cm³/mol. The van der Waals surface area contributed by atoms with Crippen LogP contribution in [0.4, 0.5) is 5.69 Å². The smallest absolute Gasteiger partial charge is 0.254 e. The molecule has 0 saturated carbocycles. The number of anilines is 1. The van der Waals surface area contributed by atoms with Gasteiger partial charge in [-0.05, 0) is 25.1 Å². The van der Waals surface area contributed by atoms with Crippen LogP contribution < -0.4 is 5.32 Å². The molecule has 1 amide bonds. The third kappa shape index (κ3) is 2.97. The number of nitrogens with one attached hydrogen (secondary N) is 1. The summed E-state index contributed by atoms with van der Waals surface area (Å²) in [4.78, 5) is 14.0. The third-order valence-corrected chi connectivity index (χ3v) is 2.79. The number of nitrogens with zero attached hydrogens (tertiary/aromatic N) is 1. The van der Waals surface area contributed by atoms with Crippen molar-refractivity contribution in [1.29, 1.82) is 0 Å². The maximum absolute atomic E-state index is 12.2. The molecule has 17 heavy (non-hydrogen) atoms. The molecule has 0 unspecified atom stereocenters. The van der Waals surface area contributed by atoms with Gasteiger partial charge in [-0.3, -0.25) is 4.79 Å². The van der Waals surface area contributed by atoms with Crippen molar-refractivity contribution in [2.75, 3.05) is 38.2 Å². The Morgan fingerprint density at radius 3 is 2.88 bits per heavy atom. The van der Waals surface area contributed by atoms with Crippen molar-refractivity contribution in [1.82, 2.24) is 4.90 Å². The minimum atomic E-state index is 0.0908. The molecule has 0 aliphatic carbocycles. The summed E-state index contributed by atoms with van der Waals surface area (Å²) in [6.45, 7) is 5.54. The average Bonchev–Trinajstić information content (AvgIpc) is 2.40. The SMILES string of the molecule is CCNc1cccc(C(=O)N2CCOCC2)c1. The summed E-state index contributed by atoms with van der Waals surface area (Å²) in [5.41, 5.74) is 1.73. The highest BCUT2D eigenvalue weighted by Crippen LogP contribution is 2.13. The normalized spacial score (nSPS) is 15.7. The van der Waals surface area contributed by atoms with Crippen molar-refractivity contribution in [3.05, 3.63) is 29.8 Å². The lowest BCUT2D eigenvalue weighted by Gasteiger charge is -2.27. The molecule has 1 N–H and O–H groups in total. The van der Waals surface area contributed by atoms with Gasteiger partial charge < -0.3 is 15.0 Å². The lowest BCUT2D eigenvalue weighted by molar-refractivity contribution is 0.0303. The van der Waals surface area contributed by atoms with E-state index in [2.05, 4.69) is 5.32 Å². The minimum absolute atomic E-state index is 0.0908. The van der Waals surface area contributed by atoms with Gasteiger partial charge in [0.15, 0.2) is 0 Å². The number of hydrogen-bond acceptors (Lipinski definition) is 3. The Balaban J connectivity index is 2.09. The molecule has 1 aromatic carbocycles. The molecule has 0 radical (unpaired) electrons. The lowest BCUT2D eigenvalue weighted by atomic mass is 10.1. The fourth-order valence-corrected chi connectivity index (χ4v) is 1.92. The topological polar surface area (TPSA) is 41.6 Å². The summed E-state index contributed by atoms with van der Waals surface area (Å²) in [5.74, 6) is 0.0908. The Kier molecular flexibility index (Phi) is 3.98. The van der Waals surface area contributed by atoms with Crippen molar-refractivity contribution in [2.45, 2.75) is 6.92 Å². The van der Waals surface area contributed by atoms with Gasteiger partial charge in [0.1, 0.15) is 0 Å². The molecule has 1 aliphatic rings. The van der Waals surface area contributed by atoms with Crippen LogP contribution in [0.1, 0.15) is 17.3 Å². The highest BCUT2D eigenvalue weighted by molar-refractivity contribution is 5.95. The first kappa shape index (κ1) is 11.9. The first-order valence-electron chi connectivity index (χ1n) is 6.02. The van der Waals surface area contributed by atoms with Gasteiger partial charge in [-0.1, -0.05) is 6.07 Å². The van der Waals surface area contributed by atoms with Gasteiger partial charge >= 0.3 is 0 Å². The Labute approximate surface area is 102 Å². The van der Waals surface area contributed by atoms with Crippen LogP contribution in [0.15, 0.2) is 24.3 Å². The molecule has 1 saturated heterocycles. The second-order valence-corrected chi connectivity index (χ2v) is 4.02. The Morgan fingerprint density at radius 2 is 2.18 bits per heavy atom. The van der Waals surface area contributed by atoms with Crippen LogP contribution in [0, 0.1) is 0 Å². The maximum atomic E-state index is 12.2. The lowest BCUT2D eigenvalue weighted by Crippen LogP contribution is -2.40. The molecular weight excluding hydrogens is 216 g/mol. The number of rotatable bonds is 3. The van der Waals surface area contributed by atoms with Crippen LogP contribution in [0.25, 0.3) is 0 Å². The van der Waals surface area contributed by atoms with E-state index >= 15 is 0 Å². The zero-order chi connectivity index (χ0) is 12.1. The fraction of sp³-hybridized carbons (Fsp3) is 0.462. The molecular formula is C13H18N2O2. The summed E-state index contributed by atoms with van der Waals surface area (Å²) in [5, 5.41) is 3.21. The monoisotopic (exact) mass is 234 g/mol. The first-order valence-corrected chi connectivity index (χ1v) is 6.02. The van der Waals surface area contributed by atoms with E-state index in [-0.39, 0.29) is 5.91 Å². The summed E-state index contributed by atoms with van der Waals surface area (Å²) >= 11 is 0. The number of morpholine rings is 1. The van der Waals surface area contributed by atoms with Gasteiger partial charge in [0.05, 0.1) is 13.2 Å². The predicted octanol–water partition coefficient (Wildman–Crippen LogP) is 1.59. The van der Waals surface area contributed by atoms with Gasteiger partial charge in [-0.25, -0.2) is 0 Å². The number of carbonyl (C=O) groups excluding carboxylic acids is 1. The van der Waals surface area contributed by atoms with E-state index in [0.717, 1.165) is 17.8 Å². The van der Waals surface area contributed by atoms with Crippen LogP contribution in [0.2, 0.25) is 0 Å². The molecule has 1 heterocycles. The third-order valence-electron chi connectivity index (χ3n) is 2.79. The molecule has 4 heteroatoms.